The molecule has 0 unspecified atom stereocenters. The van der Waals surface area contributed by atoms with Crippen LogP contribution >= 0.6 is 0 Å². The molecular weight excluding hydrogens is 412 g/mol. The standard InChI is InChI=1S/C33H54O/c1-27(2)14-10-17-30(5)20-11-18-28(3)15-8-9-16-29(4)19-12-21-31(6)22-13-23-32(7)26-34-33-24-25-33/h14-16,20-21,23,33H,8-13,17-19,22,24-26H2,1-7H3. The Labute approximate surface area is 212 Å². The minimum absolute atomic E-state index is 0.556. The molecule has 0 aromatic heterocycles. The molecule has 0 heterocycles. The first-order valence-corrected chi connectivity index (χ1v) is 13.8. The summed E-state index contributed by atoms with van der Waals surface area (Å²) in [6.07, 6.45) is 29.2. The summed E-state index contributed by atoms with van der Waals surface area (Å²) in [5.41, 5.74) is 8.90. The largest absolute Gasteiger partial charge is 0.374 e. The van der Waals surface area contributed by atoms with Crippen molar-refractivity contribution in [1.29, 1.82) is 0 Å². The Morgan fingerprint density at radius 3 is 1.24 bits per heavy atom. The van der Waals surface area contributed by atoms with Gasteiger partial charge in [0.2, 0.25) is 0 Å². The summed E-state index contributed by atoms with van der Waals surface area (Å²) in [6.45, 7) is 16.5. The topological polar surface area (TPSA) is 9.23 Å². The Kier molecular flexibility index (Phi) is 16.7. The summed E-state index contributed by atoms with van der Waals surface area (Å²) in [5.74, 6) is 0. The normalized spacial score (nSPS) is 16.3. The lowest BCUT2D eigenvalue weighted by Gasteiger charge is -2.04. The van der Waals surface area contributed by atoms with Gasteiger partial charge in [-0.2, -0.15) is 0 Å². The van der Waals surface area contributed by atoms with Crippen LogP contribution in [0.3, 0.4) is 0 Å². The molecule has 0 spiro atoms. The van der Waals surface area contributed by atoms with E-state index in [4.69, 9.17) is 4.74 Å². The molecule has 0 saturated heterocycles. The Balaban J connectivity index is 2.15. The Bertz CT molecular complexity index is 745. The lowest BCUT2D eigenvalue weighted by atomic mass is 10.0. The molecule has 0 atom stereocenters. The molecule has 0 aromatic carbocycles. The Morgan fingerprint density at radius 2 is 0.853 bits per heavy atom. The molecule has 0 bridgehead atoms. The smallest absolute Gasteiger partial charge is 0.0677 e. The molecular formula is C33H54O. The molecule has 1 heteroatoms. The molecule has 1 fully saturated rings. The van der Waals surface area contributed by atoms with Crippen LogP contribution in [0.4, 0.5) is 0 Å². The summed E-state index contributed by atoms with van der Waals surface area (Å²) in [7, 11) is 0. The van der Waals surface area contributed by atoms with Crippen molar-refractivity contribution < 1.29 is 4.74 Å². The highest BCUT2D eigenvalue weighted by Gasteiger charge is 2.21. The van der Waals surface area contributed by atoms with Crippen molar-refractivity contribution >= 4 is 0 Å². The monoisotopic (exact) mass is 466 g/mol. The van der Waals surface area contributed by atoms with Crippen molar-refractivity contribution in [2.45, 2.75) is 132 Å². The van der Waals surface area contributed by atoms with Crippen LogP contribution in [0.1, 0.15) is 126 Å². The van der Waals surface area contributed by atoms with Crippen LogP contribution in [0.15, 0.2) is 69.9 Å². The minimum atomic E-state index is 0.556. The van der Waals surface area contributed by atoms with E-state index in [1.54, 1.807) is 0 Å². The maximum Gasteiger partial charge on any atom is 0.0677 e. The number of rotatable bonds is 18. The second-order valence-corrected chi connectivity index (χ2v) is 10.8. The molecule has 0 N–H and O–H groups in total. The van der Waals surface area contributed by atoms with Gasteiger partial charge in [0, 0.05) is 0 Å². The highest BCUT2D eigenvalue weighted by molar-refractivity contribution is 5.08. The molecule has 1 rings (SSSR count). The maximum atomic E-state index is 5.76. The van der Waals surface area contributed by atoms with Gasteiger partial charge in [-0.25, -0.2) is 0 Å². The molecule has 192 valence electrons. The van der Waals surface area contributed by atoms with Gasteiger partial charge < -0.3 is 4.74 Å². The first kappa shape index (κ1) is 30.4. The van der Waals surface area contributed by atoms with E-state index in [2.05, 4.69) is 84.9 Å². The van der Waals surface area contributed by atoms with E-state index >= 15 is 0 Å². The molecule has 34 heavy (non-hydrogen) atoms. The van der Waals surface area contributed by atoms with Gasteiger partial charge >= 0.3 is 0 Å². The molecule has 0 aromatic rings. The van der Waals surface area contributed by atoms with Crippen molar-refractivity contribution in [2.24, 2.45) is 0 Å². The van der Waals surface area contributed by atoms with E-state index in [1.807, 2.05) is 0 Å². The zero-order chi connectivity index (χ0) is 25.2. The predicted octanol–water partition coefficient (Wildman–Crippen LogP) is 10.8. The van der Waals surface area contributed by atoms with Crippen molar-refractivity contribution in [1.82, 2.24) is 0 Å². The summed E-state index contributed by atoms with van der Waals surface area (Å²) in [6, 6.07) is 0. The average Bonchev–Trinajstić information content (AvgIpc) is 3.59. The lowest BCUT2D eigenvalue weighted by molar-refractivity contribution is 0.141. The highest BCUT2D eigenvalue weighted by atomic mass is 16.5. The van der Waals surface area contributed by atoms with Gasteiger partial charge in [-0.3, -0.25) is 0 Å². The fourth-order valence-electron chi connectivity index (χ4n) is 3.84. The second kappa shape index (κ2) is 18.7. The van der Waals surface area contributed by atoms with Crippen LogP contribution in [0, 0.1) is 0 Å². The third kappa shape index (κ3) is 18.8. The number of allylic oxidation sites excluding steroid dienone is 11. The Morgan fingerprint density at radius 1 is 0.500 bits per heavy atom. The molecule has 0 amide bonds. The van der Waals surface area contributed by atoms with E-state index in [1.165, 1.54) is 78.4 Å². The molecule has 0 radical (unpaired) electrons. The van der Waals surface area contributed by atoms with Crippen LogP contribution in [-0.2, 0) is 4.74 Å². The van der Waals surface area contributed by atoms with E-state index in [9.17, 15) is 0 Å². The maximum absolute atomic E-state index is 5.76. The van der Waals surface area contributed by atoms with E-state index in [0.29, 0.717) is 6.10 Å². The lowest BCUT2D eigenvalue weighted by Crippen LogP contribution is -1.97. The molecule has 1 aliphatic rings. The summed E-state index contributed by atoms with van der Waals surface area (Å²) < 4.78 is 5.76. The highest BCUT2D eigenvalue weighted by Crippen LogP contribution is 2.24. The molecule has 1 aliphatic carbocycles. The average molecular weight is 467 g/mol. The van der Waals surface area contributed by atoms with E-state index in [0.717, 1.165) is 38.7 Å². The first-order valence-electron chi connectivity index (χ1n) is 13.8. The number of ether oxygens (including phenoxy) is 1. The van der Waals surface area contributed by atoms with Gasteiger partial charge in [0.1, 0.15) is 0 Å². The van der Waals surface area contributed by atoms with E-state index in [-0.39, 0.29) is 0 Å². The van der Waals surface area contributed by atoms with Crippen LogP contribution in [0.5, 0.6) is 0 Å². The van der Waals surface area contributed by atoms with Crippen LogP contribution in [-0.4, -0.2) is 12.7 Å². The van der Waals surface area contributed by atoms with Gasteiger partial charge in [-0.1, -0.05) is 69.9 Å². The summed E-state index contributed by atoms with van der Waals surface area (Å²) >= 11 is 0. The predicted molar refractivity (Wildman–Crippen MR) is 153 cm³/mol. The van der Waals surface area contributed by atoms with Crippen molar-refractivity contribution in [3.8, 4) is 0 Å². The van der Waals surface area contributed by atoms with Crippen LogP contribution in [0.25, 0.3) is 0 Å². The third-order valence-electron chi connectivity index (χ3n) is 6.41. The molecule has 1 saturated carbocycles. The summed E-state index contributed by atoms with van der Waals surface area (Å²) in [4.78, 5) is 0. The second-order valence-electron chi connectivity index (χ2n) is 10.8. The van der Waals surface area contributed by atoms with Gasteiger partial charge in [-0.05, 0) is 126 Å². The van der Waals surface area contributed by atoms with Crippen molar-refractivity contribution in [3.63, 3.8) is 0 Å². The van der Waals surface area contributed by atoms with Gasteiger partial charge in [0.05, 0.1) is 12.7 Å². The number of hydrogen-bond acceptors (Lipinski definition) is 1. The first-order chi connectivity index (χ1) is 16.3. The zero-order valence-electron chi connectivity index (χ0n) is 23.6. The van der Waals surface area contributed by atoms with Gasteiger partial charge in [-0.15, -0.1) is 0 Å². The minimum Gasteiger partial charge on any atom is -0.374 e. The third-order valence-corrected chi connectivity index (χ3v) is 6.41. The van der Waals surface area contributed by atoms with E-state index < -0.39 is 0 Å². The van der Waals surface area contributed by atoms with Gasteiger partial charge in [0.25, 0.3) is 0 Å². The Hall–Kier alpha value is -1.60. The van der Waals surface area contributed by atoms with Gasteiger partial charge in [0.15, 0.2) is 0 Å². The fraction of sp³-hybridized carbons (Fsp3) is 0.636. The molecule has 0 aliphatic heterocycles. The summed E-state index contributed by atoms with van der Waals surface area (Å²) in [5, 5.41) is 0. The number of unbranched alkanes of at least 4 members (excludes halogenated alkanes) is 1. The molecule has 1 nitrogen and oxygen atoms in total. The fourth-order valence-corrected chi connectivity index (χ4v) is 3.84. The SMILES string of the molecule is CC(C)=CCCC(C)=CCCC(C)=CCCC=C(C)CCC=C(C)CCC=C(C)COC1CC1. The van der Waals surface area contributed by atoms with Crippen LogP contribution in [0.2, 0.25) is 0 Å². The number of hydrogen-bond donors (Lipinski definition) is 0. The zero-order valence-corrected chi connectivity index (χ0v) is 23.6. The quantitative estimate of drug-likeness (QED) is 0.144. The van der Waals surface area contributed by atoms with Crippen molar-refractivity contribution in [3.05, 3.63) is 69.9 Å². The van der Waals surface area contributed by atoms with Crippen LogP contribution < -0.4 is 0 Å². The van der Waals surface area contributed by atoms with Crippen molar-refractivity contribution in [2.75, 3.05) is 6.61 Å².